The highest BCUT2D eigenvalue weighted by atomic mass is 35.5. The highest BCUT2D eigenvalue weighted by Gasteiger charge is 2.13. The molecule has 2 aromatic rings. The number of halogens is 3. The number of rotatable bonds is 9. The van der Waals surface area contributed by atoms with Crippen LogP contribution in [0.1, 0.15) is 24.5 Å². The number of aliphatic hydroxyl groups is 1. The Kier molecular flexibility index (Phi) is 10.1. The topological polar surface area (TPSA) is 50.7 Å². The molecule has 2 rings (SSSR count). The number of nitrogens with one attached hydrogen (secondary N) is 1. The zero-order chi connectivity index (χ0) is 18.2. The maximum absolute atomic E-state index is 9.34. The van der Waals surface area contributed by atoms with Gasteiger partial charge in [0.25, 0.3) is 0 Å². The molecular formula is C19H24Cl3NO3. The zero-order valence-electron chi connectivity index (χ0n) is 14.8. The predicted molar refractivity (Wildman–Crippen MR) is 109 cm³/mol. The van der Waals surface area contributed by atoms with Gasteiger partial charge in [0.2, 0.25) is 0 Å². The van der Waals surface area contributed by atoms with Crippen molar-refractivity contribution in [2.75, 3.05) is 13.7 Å². The van der Waals surface area contributed by atoms with Gasteiger partial charge in [-0.05, 0) is 24.6 Å². The summed E-state index contributed by atoms with van der Waals surface area (Å²) in [5.41, 5.74) is 1.80. The second-order valence-corrected chi connectivity index (χ2v) is 6.49. The summed E-state index contributed by atoms with van der Waals surface area (Å²) in [6.07, 6.45) is 0.844. The molecule has 4 nitrogen and oxygen atoms in total. The molecule has 26 heavy (non-hydrogen) atoms. The number of para-hydroxylation sites is 1. The molecule has 0 aliphatic rings. The third-order valence-electron chi connectivity index (χ3n) is 3.96. The minimum Gasteiger partial charge on any atom is -0.493 e. The minimum atomic E-state index is 0. The van der Waals surface area contributed by atoms with Gasteiger partial charge in [0.1, 0.15) is 6.61 Å². The van der Waals surface area contributed by atoms with E-state index < -0.39 is 0 Å². The molecule has 0 aliphatic carbocycles. The average Bonchev–Trinajstić information content (AvgIpc) is 2.62. The highest BCUT2D eigenvalue weighted by molar-refractivity contribution is 6.35. The molecular weight excluding hydrogens is 397 g/mol. The molecule has 0 spiro atoms. The lowest BCUT2D eigenvalue weighted by Crippen LogP contribution is -2.31. The van der Waals surface area contributed by atoms with Gasteiger partial charge in [0.15, 0.2) is 11.5 Å². The molecule has 0 fully saturated rings. The fraction of sp³-hybridized carbons (Fsp3) is 0.368. The third kappa shape index (κ3) is 6.22. The van der Waals surface area contributed by atoms with Crippen molar-refractivity contribution in [2.24, 2.45) is 0 Å². The summed E-state index contributed by atoms with van der Waals surface area (Å²) in [4.78, 5) is 0. The standard InChI is InChI=1S/C19H23Cl2NO3.ClH/c1-3-16(11-23)22-10-13-5-4-6-18(24-2)19(13)25-12-14-7-8-15(20)9-17(14)21;/h4-9,16,22-23H,3,10-12H2,1-2H3;1H. The van der Waals surface area contributed by atoms with Gasteiger partial charge in [-0.15, -0.1) is 12.4 Å². The molecule has 0 saturated carbocycles. The lowest BCUT2D eigenvalue weighted by Gasteiger charge is -2.18. The molecule has 0 heterocycles. The summed E-state index contributed by atoms with van der Waals surface area (Å²) >= 11 is 12.1. The van der Waals surface area contributed by atoms with E-state index in [4.69, 9.17) is 32.7 Å². The van der Waals surface area contributed by atoms with E-state index in [0.717, 1.165) is 17.5 Å². The summed E-state index contributed by atoms with van der Waals surface area (Å²) in [5, 5.41) is 13.8. The van der Waals surface area contributed by atoms with Gasteiger partial charge in [-0.2, -0.15) is 0 Å². The van der Waals surface area contributed by atoms with E-state index in [9.17, 15) is 5.11 Å². The molecule has 2 aromatic carbocycles. The fourth-order valence-corrected chi connectivity index (χ4v) is 2.87. The number of methoxy groups -OCH3 is 1. The van der Waals surface area contributed by atoms with Crippen molar-refractivity contribution in [3.63, 3.8) is 0 Å². The van der Waals surface area contributed by atoms with Crippen molar-refractivity contribution in [2.45, 2.75) is 32.5 Å². The van der Waals surface area contributed by atoms with E-state index in [2.05, 4.69) is 5.32 Å². The Morgan fingerprint density at radius 1 is 1.15 bits per heavy atom. The van der Waals surface area contributed by atoms with Crippen LogP contribution < -0.4 is 14.8 Å². The predicted octanol–water partition coefficient (Wildman–Crippen LogP) is 4.86. The summed E-state index contributed by atoms with van der Waals surface area (Å²) in [6, 6.07) is 11.1. The van der Waals surface area contributed by atoms with Gasteiger partial charge in [0, 0.05) is 33.8 Å². The van der Waals surface area contributed by atoms with Crippen LogP contribution in [-0.4, -0.2) is 24.9 Å². The first-order valence-corrected chi connectivity index (χ1v) is 8.91. The average molecular weight is 421 g/mol. The summed E-state index contributed by atoms with van der Waals surface area (Å²) in [5.74, 6) is 1.32. The maximum atomic E-state index is 9.34. The normalized spacial score (nSPS) is 11.6. The van der Waals surface area contributed by atoms with Gasteiger partial charge in [-0.1, -0.05) is 48.3 Å². The van der Waals surface area contributed by atoms with Crippen molar-refractivity contribution in [1.82, 2.24) is 5.32 Å². The van der Waals surface area contributed by atoms with Crippen LogP contribution in [0.5, 0.6) is 11.5 Å². The van der Waals surface area contributed by atoms with E-state index in [0.29, 0.717) is 34.7 Å². The molecule has 7 heteroatoms. The van der Waals surface area contributed by atoms with Crippen molar-refractivity contribution in [1.29, 1.82) is 0 Å². The molecule has 0 saturated heterocycles. The first-order valence-electron chi connectivity index (χ1n) is 8.15. The van der Waals surface area contributed by atoms with Crippen molar-refractivity contribution < 1.29 is 14.6 Å². The Labute approximate surface area is 170 Å². The smallest absolute Gasteiger partial charge is 0.166 e. The number of ether oxygens (including phenoxy) is 2. The van der Waals surface area contributed by atoms with E-state index >= 15 is 0 Å². The molecule has 0 radical (unpaired) electrons. The summed E-state index contributed by atoms with van der Waals surface area (Å²) in [6.45, 7) is 3.00. The molecule has 2 N–H and O–H groups in total. The van der Waals surface area contributed by atoms with Gasteiger partial charge < -0.3 is 19.9 Å². The van der Waals surface area contributed by atoms with Crippen LogP contribution in [0.25, 0.3) is 0 Å². The molecule has 0 aromatic heterocycles. The first kappa shape index (κ1) is 22.9. The summed E-state index contributed by atoms with van der Waals surface area (Å²) < 4.78 is 11.4. The van der Waals surface area contributed by atoms with Crippen LogP contribution in [0.3, 0.4) is 0 Å². The van der Waals surface area contributed by atoms with E-state index in [-0.39, 0.29) is 25.1 Å². The number of aliphatic hydroxyl groups excluding tert-OH is 1. The number of hydrogen-bond acceptors (Lipinski definition) is 4. The van der Waals surface area contributed by atoms with E-state index in [1.165, 1.54) is 0 Å². The van der Waals surface area contributed by atoms with Crippen LogP contribution in [-0.2, 0) is 13.2 Å². The van der Waals surface area contributed by atoms with Crippen LogP contribution in [0.15, 0.2) is 36.4 Å². The Bertz CT molecular complexity index is 694. The minimum absolute atomic E-state index is 0. The quantitative estimate of drug-likeness (QED) is 0.608. The largest absolute Gasteiger partial charge is 0.493 e. The Morgan fingerprint density at radius 2 is 1.92 bits per heavy atom. The Morgan fingerprint density at radius 3 is 2.54 bits per heavy atom. The molecule has 1 atom stereocenters. The van der Waals surface area contributed by atoms with E-state index in [1.54, 1.807) is 19.2 Å². The Balaban J connectivity index is 0.00000338. The van der Waals surface area contributed by atoms with Gasteiger partial charge >= 0.3 is 0 Å². The second kappa shape index (κ2) is 11.5. The molecule has 1 unspecified atom stereocenters. The van der Waals surface area contributed by atoms with Crippen LogP contribution in [0.2, 0.25) is 10.0 Å². The van der Waals surface area contributed by atoms with Gasteiger partial charge in [-0.3, -0.25) is 0 Å². The first-order chi connectivity index (χ1) is 12.1. The van der Waals surface area contributed by atoms with Crippen molar-refractivity contribution >= 4 is 35.6 Å². The van der Waals surface area contributed by atoms with Gasteiger partial charge in [0.05, 0.1) is 13.7 Å². The number of benzene rings is 2. The second-order valence-electron chi connectivity index (χ2n) is 5.64. The summed E-state index contributed by atoms with van der Waals surface area (Å²) in [7, 11) is 1.61. The van der Waals surface area contributed by atoms with Crippen LogP contribution in [0, 0.1) is 0 Å². The monoisotopic (exact) mass is 419 g/mol. The molecule has 0 amide bonds. The molecule has 0 aliphatic heterocycles. The third-order valence-corrected chi connectivity index (χ3v) is 4.55. The van der Waals surface area contributed by atoms with Crippen LogP contribution >= 0.6 is 35.6 Å². The zero-order valence-corrected chi connectivity index (χ0v) is 17.1. The lowest BCUT2D eigenvalue weighted by atomic mass is 10.1. The Hall–Kier alpha value is -1.17. The molecule has 0 bridgehead atoms. The van der Waals surface area contributed by atoms with Gasteiger partial charge in [-0.25, -0.2) is 0 Å². The fourth-order valence-electron chi connectivity index (χ4n) is 2.41. The molecule has 144 valence electrons. The van der Waals surface area contributed by atoms with Crippen molar-refractivity contribution in [3.05, 3.63) is 57.6 Å². The highest BCUT2D eigenvalue weighted by Crippen LogP contribution is 2.32. The van der Waals surface area contributed by atoms with E-state index in [1.807, 2.05) is 31.2 Å². The lowest BCUT2D eigenvalue weighted by molar-refractivity contribution is 0.236. The SMILES string of the molecule is CCC(CO)NCc1cccc(OC)c1OCc1ccc(Cl)cc1Cl.Cl. The van der Waals surface area contributed by atoms with Crippen LogP contribution in [0.4, 0.5) is 0 Å². The number of hydrogen-bond donors (Lipinski definition) is 2. The van der Waals surface area contributed by atoms with Crippen molar-refractivity contribution in [3.8, 4) is 11.5 Å². The maximum Gasteiger partial charge on any atom is 0.166 e.